The molecule has 0 aromatic heterocycles. The quantitative estimate of drug-likeness (QED) is 0.285. The molecule has 146 valence electrons. The zero-order valence-corrected chi connectivity index (χ0v) is 17.7. The van der Waals surface area contributed by atoms with E-state index in [1.807, 2.05) is 4.90 Å². The van der Waals surface area contributed by atoms with Crippen molar-refractivity contribution in [2.24, 2.45) is 0 Å². The Morgan fingerprint density at radius 3 is 1.25 bits per heavy atom. The van der Waals surface area contributed by atoms with Crippen molar-refractivity contribution >= 4 is 5.91 Å². The van der Waals surface area contributed by atoms with E-state index in [0.717, 1.165) is 19.5 Å². The molecule has 1 amide bonds. The highest BCUT2D eigenvalue weighted by Gasteiger charge is 2.05. The van der Waals surface area contributed by atoms with Gasteiger partial charge in [0.2, 0.25) is 5.91 Å². The Labute approximate surface area is 153 Å². The van der Waals surface area contributed by atoms with E-state index in [9.17, 15) is 4.79 Å². The van der Waals surface area contributed by atoms with E-state index in [-0.39, 0.29) is 5.91 Å². The van der Waals surface area contributed by atoms with Gasteiger partial charge in [0.1, 0.15) is 0 Å². The first-order chi connectivity index (χ1) is 11.6. The van der Waals surface area contributed by atoms with Crippen LogP contribution in [0.4, 0.5) is 0 Å². The molecule has 0 bridgehead atoms. The van der Waals surface area contributed by atoms with Gasteiger partial charge >= 0.3 is 0 Å². The summed E-state index contributed by atoms with van der Waals surface area (Å²) in [6.45, 7) is 12.4. The lowest BCUT2D eigenvalue weighted by Crippen LogP contribution is -2.30. The summed E-state index contributed by atoms with van der Waals surface area (Å²) in [4.78, 5) is 13.2. The largest absolute Gasteiger partial charge is 0.343 e. The van der Waals surface area contributed by atoms with Crippen LogP contribution in [0.2, 0.25) is 0 Å². The van der Waals surface area contributed by atoms with Crippen molar-refractivity contribution in [2.45, 2.75) is 125 Å². The third-order valence-corrected chi connectivity index (χ3v) is 4.43. The van der Waals surface area contributed by atoms with Crippen LogP contribution in [0, 0.1) is 0 Å². The van der Waals surface area contributed by atoms with Crippen molar-refractivity contribution < 1.29 is 4.79 Å². The fourth-order valence-electron chi connectivity index (χ4n) is 2.81. The number of hydrogen-bond acceptors (Lipinski definition) is 1. The van der Waals surface area contributed by atoms with Gasteiger partial charge < -0.3 is 4.90 Å². The van der Waals surface area contributed by atoms with Crippen LogP contribution in [-0.2, 0) is 4.79 Å². The van der Waals surface area contributed by atoms with Gasteiger partial charge in [-0.3, -0.25) is 4.79 Å². The minimum Gasteiger partial charge on any atom is -0.343 e. The summed E-state index contributed by atoms with van der Waals surface area (Å²) in [7, 11) is 0. The summed E-state index contributed by atoms with van der Waals surface area (Å²) in [5.74, 6) is 0.227. The number of unbranched alkanes of at least 4 members (excludes halogenated alkanes) is 11. The molecule has 0 saturated carbocycles. The fraction of sp³-hybridized carbons (Fsp3) is 0.955. The van der Waals surface area contributed by atoms with Gasteiger partial charge in [0.25, 0.3) is 0 Å². The molecule has 0 aliphatic carbocycles. The molecular formula is C22H47NO. The molecule has 0 rings (SSSR count). The second-order valence-electron chi connectivity index (χ2n) is 7.04. The topological polar surface area (TPSA) is 20.3 Å². The Bertz CT molecular complexity index is 234. The van der Waals surface area contributed by atoms with E-state index in [1.165, 1.54) is 83.5 Å². The van der Waals surface area contributed by atoms with E-state index in [4.69, 9.17) is 0 Å². The summed E-state index contributed by atoms with van der Waals surface area (Å²) in [6, 6.07) is 0. The van der Waals surface area contributed by atoms with Crippen molar-refractivity contribution in [3.8, 4) is 0 Å². The summed E-state index contributed by atoms with van der Waals surface area (Å²) < 4.78 is 0. The van der Waals surface area contributed by atoms with Gasteiger partial charge in [0.15, 0.2) is 0 Å². The van der Waals surface area contributed by atoms with Gasteiger partial charge in [0, 0.05) is 20.0 Å². The number of hydrogen-bond donors (Lipinski definition) is 0. The third kappa shape index (κ3) is 21.5. The lowest BCUT2D eigenvalue weighted by Gasteiger charge is -2.19. The van der Waals surface area contributed by atoms with Crippen LogP contribution in [0.3, 0.4) is 0 Å². The van der Waals surface area contributed by atoms with Crippen LogP contribution in [0.15, 0.2) is 0 Å². The van der Waals surface area contributed by atoms with Gasteiger partial charge in [-0.05, 0) is 12.8 Å². The van der Waals surface area contributed by atoms with Crippen LogP contribution < -0.4 is 0 Å². The van der Waals surface area contributed by atoms with Crippen LogP contribution >= 0.6 is 0 Å². The van der Waals surface area contributed by atoms with Crippen molar-refractivity contribution in [3.05, 3.63) is 0 Å². The third-order valence-electron chi connectivity index (χ3n) is 4.43. The average Bonchev–Trinajstić information content (AvgIpc) is 2.57. The maximum atomic E-state index is 11.2. The van der Waals surface area contributed by atoms with E-state index >= 15 is 0 Å². The Balaban J connectivity index is 0. The molecule has 0 aliphatic rings. The van der Waals surface area contributed by atoms with Gasteiger partial charge in [-0.2, -0.15) is 0 Å². The van der Waals surface area contributed by atoms with Crippen LogP contribution in [-0.4, -0.2) is 23.9 Å². The smallest absolute Gasteiger partial charge is 0.219 e. The molecule has 0 atom stereocenters. The van der Waals surface area contributed by atoms with E-state index in [1.54, 1.807) is 6.92 Å². The predicted molar refractivity (Wildman–Crippen MR) is 110 cm³/mol. The second-order valence-corrected chi connectivity index (χ2v) is 7.04. The van der Waals surface area contributed by atoms with E-state index in [2.05, 4.69) is 27.7 Å². The maximum Gasteiger partial charge on any atom is 0.219 e. The zero-order valence-electron chi connectivity index (χ0n) is 17.7. The number of amides is 1. The number of carbonyl (C=O) groups is 1. The molecule has 2 heteroatoms. The van der Waals surface area contributed by atoms with Crippen molar-refractivity contribution in [1.82, 2.24) is 4.90 Å². The van der Waals surface area contributed by atoms with Crippen molar-refractivity contribution in [1.29, 1.82) is 0 Å². The highest BCUT2D eigenvalue weighted by Crippen LogP contribution is 2.07. The first-order valence-electron chi connectivity index (χ1n) is 10.9. The molecule has 0 heterocycles. The summed E-state index contributed by atoms with van der Waals surface area (Å²) in [5.41, 5.74) is 0. The molecule has 0 aromatic carbocycles. The molecule has 2 nitrogen and oxygen atoms in total. The summed E-state index contributed by atoms with van der Waals surface area (Å²) in [6.07, 6.45) is 18.8. The van der Waals surface area contributed by atoms with E-state index in [0.29, 0.717) is 0 Å². The highest BCUT2D eigenvalue weighted by molar-refractivity contribution is 5.73. The summed E-state index contributed by atoms with van der Waals surface area (Å²) in [5, 5.41) is 0. The van der Waals surface area contributed by atoms with Gasteiger partial charge in [-0.15, -0.1) is 0 Å². The first kappa shape index (κ1) is 25.7. The molecule has 0 radical (unpaired) electrons. The highest BCUT2D eigenvalue weighted by atomic mass is 16.2. The standard InChI is InChI=1S/C13H27NO.C9H20/c1-4-6-7-8-9-10-12-14(11-5-2)13(3)15;1-3-5-7-9-8-6-4-2/h4-12H2,1-3H3;3-9H2,1-2H3. The molecule has 0 fully saturated rings. The number of nitrogens with zero attached hydrogens (tertiary/aromatic N) is 1. The minimum atomic E-state index is 0.227. The molecule has 0 spiro atoms. The lowest BCUT2D eigenvalue weighted by molar-refractivity contribution is -0.128. The van der Waals surface area contributed by atoms with Crippen LogP contribution in [0.25, 0.3) is 0 Å². The normalized spacial score (nSPS) is 10.2. The Kier molecular flexibility index (Phi) is 24.1. The fourth-order valence-corrected chi connectivity index (χ4v) is 2.81. The SMILES string of the molecule is CCCCCCCCC.CCCCCCCCN(CCC)C(C)=O. The molecule has 24 heavy (non-hydrogen) atoms. The average molecular weight is 342 g/mol. The Morgan fingerprint density at radius 1 is 0.542 bits per heavy atom. The zero-order chi connectivity index (χ0) is 18.5. The second kappa shape index (κ2) is 22.5. The van der Waals surface area contributed by atoms with E-state index < -0.39 is 0 Å². The first-order valence-corrected chi connectivity index (χ1v) is 10.9. The van der Waals surface area contributed by atoms with Gasteiger partial charge in [0.05, 0.1) is 0 Å². The monoisotopic (exact) mass is 341 g/mol. The Morgan fingerprint density at radius 2 is 0.917 bits per heavy atom. The lowest BCUT2D eigenvalue weighted by atomic mass is 10.1. The van der Waals surface area contributed by atoms with Crippen LogP contribution in [0.5, 0.6) is 0 Å². The van der Waals surface area contributed by atoms with Gasteiger partial charge in [-0.1, -0.05) is 105 Å². The summed E-state index contributed by atoms with van der Waals surface area (Å²) >= 11 is 0. The maximum absolute atomic E-state index is 11.2. The van der Waals surface area contributed by atoms with Crippen LogP contribution in [0.1, 0.15) is 125 Å². The molecule has 0 N–H and O–H groups in total. The predicted octanol–water partition coefficient (Wildman–Crippen LogP) is 7.36. The number of rotatable bonds is 15. The minimum absolute atomic E-state index is 0.227. The molecule has 0 unspecified atom stereocenters. The van der Waals surface area contributed by atoms with Gasteiger partial charge in [-0.25, -0.2) is 0 Å². The van der Waals surface area contributed by atoms with Crippen molar-refractivity contribution in [3.63, 3.8) is 0 Å². The van der Waals surface area contributed by atoms with Crippen molar-refractivity contribution in [2.75, 3.05) is 13.1 Å². The Hall–Kier alpha value is -0.530. The number of carbonyl (C=O) groups excluding carboxylic acids is 1. The molecular weight excluding hydrogens is 294 g/mol. The molecule has 0 aliphatic heterocycles. The molecule has 0 aromatic rings. The molecule has 0 saturated heterocycles.